The third kappa shape index (κ3) is 9.37. The summed E-state index contributed by atoms with van der Waals surface area (Å²) in [6, 6.07) is -5.18. The van der Waals surface area contributed by atoms with Crippen LogP contribution in [0, 0.1) is 0 Å². The highest BCUT2D eigenvalue weighted by molar-refractivity contribution is 7.98. The first-order valence-corrected chi connectivity index (χ1v) is 11.6. The normalized spacial score (nSPS) is 16.5. The van der Waals surface area contributed by atoms with Crippen molar-refractivity contribution in [3.63, 3.8) is 0 Å². The smallest absolute Gasteiger partial charge is 0.328 e. The number of nitrogens with one attached hydrogen (secondary N) is 4. The summed E-state index contributed by atoms with van der Waals surface area (Å²) in [5.41, 5.74) is 6.47. The zero-order valence-electron chi connectivity index (χ0n) is 18.6. The third-order valence-electron chi connectivity index (χ3n) is 4.68. The van der Waals surface area contributed by atoms with Crippen LogP contribution in [0.4, 0.5) is 0 Å². The standard InChI is InChI=1S/C19H32N6O7S/c1-9(26)14(24-16(28)12(20)6-11-7-21-8-22-11)18(30)23-13(4-5-33-3)17(29)25-15(10(2)27)19(31)32/h7-10,12-15,26-27H,4-6,20H2,1-3H3,(H,21,22)(H,23,30)(H,24,28)(H,25,29)(H,31,32). The van der Waals surface area contributed by atoms with Crippen molar-refractivity contribution in [3.05, 3.63) is 18.2 Å². The first-order chi connectivity index (χ1) is 15.5. The summed E-state index contributed by atoms with van der Waals surface area (Å²) in [5.74, 6) is -3.36. The van der Waals surface area contributed by atoms with Gasteiger partial charge in [0.1, 0.15) is 12.1 Å². The van der Waals surface area contributed by atoms with Gasteiger partial charge in [-0.25, -0.2) is 9.78 Å². The molecule has 0 aromatic carbocycles. The number of carbonyl (C=O) groups excluding carboxylic acids is 3. The maximum atomic E-state index is 12.8. The minimum absolute atomic E-state index is 0.120. The number of aromatic nitrogens is 2. The Morgan fingerprint density at radius 3 is 2.15 bits per heavy atom. The highest BCUT2D eigenvalue weighted by atomic mass is 32.2. The van der Waals surface area contributed by atoms with E-state index in [1.54, 1.807) is 6.26 Å². The predicted molar refractivity (Wildman–Crippen MR) is 120 cm³/mol. The lowest BCUT2D eigenvalue weighted by Crippen LogP contribution is -2.60. The molecule has 33 heavy (non-hydrogen) atoms. The van der Waals surface area contributed by atoms with Gasteiger partial charge < -0.3 is 42.0 Å². The molecule has 0 aliphatic carbocycles. The summed E-state index contributed by atoms with van der Waals surface area (Å²) in [7, 11) is 0. The van der Waals surface area contributed by atoms with E-state index in [2.05, 4.69) is 25.9 Å². The van der Waals surface area contributed by atoms with E-state index in [1.807, 2.05) is 0 Å². The van der Waals surface area contributed by atoms with Gasteiger partial charge in [-0.3, -0.25) is 14.4 Å². The first-order valence-electron chi connectivity index (χ1n) is 10.2. The number of hydrogen-bond acceptors (Lipinski definition) is 9. The Morgan fingerprint density at radius 1 is 1.06 bits per heavy atom. The Balaban J connectivity index is 2.88. The van der Waals surface area contributed by atoms with E-state index in [4.69, 9.17) is 5.73 Å². The second-order valence-electron chi connectivity index (χ2n) is 7.52. The van der Waals surface area contributed by atoms with Gasteiger partial charge in [-0.2, -0.15) is 11.8 Å². The number of thioether (sulfide) groups is 1. The molecular formula is C19H32N6O7S. The predicted octanol–water partition coefficient (Wildman–Crippen LogP) is -2.67. The van der Waals surface area contributed by atoms with Crippen LogP contribution in [0.2, 0.25) is 0 Å². The van der Waals surface area contributed by atoms with E-state index >= 15 is 0 Å². The number of carbonyl (C=O) groups is 4. The number of aliphatic hydroxyl groups excluding tert-OH is 2. The summed E-state index contributed by atoms with van der Waals surface area (Å²) in [4.78, 5) is 55.8. The van der Waals surface area contributed by atoms with Crippen LogP contribution in [0.5, 0.6) is 0 Å². The van der Waals surface area contributed by atoms with Crippen LogP contribution in [0.25, 0.3) is 0 Å². The van der Waals surface area contributed by atoms with Gasteiger partial charge in [0.2, 0.25) is 17.7 Å². The molecule has 3 amide bonds. The lowest BCUT2D eigenvalue weighted by molar-refractivity contribution is -0.145. The molecule has 9 N–H and O–H groups in total. The summed E-state index contributed by atoms with van der Waals surface area (Å²) >= 11 is 1.40. The molecule has 0 bridgehead atoms. The number of amides is 3. The summed E-state index contributed by atoms with van der Waals surface area (Å²) in [6.07, 6.45) is 2.29. The number of nitrogens with zero attached hydrogens (tertiary/aromatic N) is 1. The van der Waals surface area contributed by atoms with E-state index in [1.165, 1.54) is 38.1 Å². The van der Waals surface area contributed by atoms with Crippen molar-refractivity contribution in [2.45, 2.75) is 63.1 Å². The van der Waals surface area contributed by atoms with Crippen molar-refractivity contribution in [1.82, 2.24) is 25.9 Å². The number of carboxylic acid groups (broad SMARTS) is 1. The van der Waals surface area contributed by atoms with E-state index in [9.17, 15) is 34.5 Å². The van der Waals surface area contributed by atoms with Crippen LogP contribution in [-0.2, 0) is 25.6 Å². The topological polar surface area (TPSA) is 220 Å². The highest BCUT2D eigenvalue weighted by Gasteiger charge is 2.33. The number of rotatable bonds is 14. The molecule has 1 rings (SSSR count). The van der Waals surface area contributed by atoms with Crippen molar-refractivity contribution in [3.8, 4) is 0 Å². The SMILES string of the molecule is CSCCC(NC(=O)C(NC(=O)C(N)Cc1cnc[nH]1)C(C)O)C(=O)NC(C(=O)O)C(C)O. The molecular weight excluding hydrogens is 456 g/mol. The monoisotopic (exact) mass is 488 g/mol. The maximum absolute atomic E-state index is 12.8. The van der Waals surface area contributed by atoms with Crippen molar-refractivity contribution in [1.29, 1.82) is 0 Å². The number of aliphatic hydroxyl groups is 2. The van der Waals surface area contributed by atoms with Gasteiger partial charge in [-0.05, 0) is 32.3 Å². The van der Waals surface area contributed by atoms with E-state index in [0.717, 1.165) is 0 Å². The van der Waals surface area contributed by atoms with Gasteiger partial charge in [-0.15, -0.1) is 0 Å². The van der Waals surface area contributed by atoms with Crippen LogP contribution in [-0.4, -0.2) is 97.4 Å². The molecule has 1 aromatic heterocycles. The maximum Gasteiger partial charge on any atom is 0.328 e. The number of nitrogens with two attached hydrogens (primary N) is 1. The second kappa shape index (κ2) is 13.8. The molecule has 0 saturated carbocycles. The van der Waals surface area contributed by atoms with Gasteiger partial charge in [0.05, 0.1) is 24.6 Å². The molecule has 0 saturated heterocycles. The van der Waals surface area contributed by atoms with Crippen LogP contribution >= 0.6 is 11.8 Å². The van der Waals surface area contributed by atoms with Crippen molar-refractivity contribution < 1.29 is 34.5 Å². The molecule has 6 unspecified atom stereocenters. The minimum atomic E-state index is -1.57. The van der Waals surface area contributed by atoms with Gasteiger partial charge in [0.15, 0.2) is 6.04 Å². The Kier molecular flexibility index (Phi) is 11.8. The van der Waals surface area contributed by atoms with Crippen molar-refractivity contribution in [2.24, 2.45) is 5.73 Å². The highest BCUT2D eigenvalue weighted by Crippen LogP contribution is 2.05. The molecule has 13 nitrogen and oxygen atoms in total. The molecule has 186 valence electrons. The molecule has 1 heterocycles. The summed E-state index contributed by atoms with van der Waals surface area (Å²) < 4.78 is 0. The minimum Gasteiger partial charge on any atom is -0.480 e. The van der Waals surface area contributed by atoms with Gasteiger partial charge >= 0.3 is 5.97 Å². The third-order valence-corrected chi connectivity index (χ3v) is 5.33. The van der Waals surface area contributed by atoms with E-state index < -0.39 is 60.1 Å². The quantitative estimate of drug-likeness (QED) is 0.136. The van der Waals surface area contributed by atoms with Crippen molar-refractivity contribution >= 4 is 35.5 Å². The van der Waals surface area contributed by atoms with E-state index in [-0.39, 0.29) is 12.8 Å². The molecule has 0 fully saturated rings. The van der Waals surface area contributed by atoms with Crippen molar-refractivity contribution in [2.75, 3.05) is 12.0 Å². The number of H-pyrrole nitrogens is 1. The molecule has 0 spiro atoms. The fraction of sp³-hybridized carbons (Fsp3) is 0.632. The fourth-order valence-corrected chi connectivity index (χ4v) is 3.27. The number of carboxylic acids is 1. The van der Waals surface area contributed by atoms with Crippen LogP contribution < -0.4 is 21.7 Å². The van der Waals surface area contributed by atoms with E-state index in [0.29, 0.717) is 11.4 Å². The molecule has 0 radical (unpaired) electrons. The molecule has 0 aliphatic heterocycles. The van der Waals surface area contributed by atoms with Crippen LogP contribution in [0.15, 0.2) is 12.5 Å². The fourth-order valence-electron chi connectivity index (χ4n) is 2.80. The Labute approximate surface area is 195 Å². The molecule has 6 atom stereocenters. The number of aromatic amines is 1. The molecule has 0 aliphatic rings. The number of hydrogen-bond donors (Lipinski definition) is 8. The summed E-state index contributed by atoms with van der Waals surface area (Å²) in [5, 5.41) is 35.8. The zero-order valence-corrected chi connectivity index (χ0v) is 19.5. The van der Waals surface area contributed by atoms with Gasteiger partial charge in [0.25, 0.3) is 0 Å². The number of imidazole rings is 1. The number of aliphatic carboxylic acids is 1. The Bertz CT molecular complexity index is 790. The Hall–Kier alpha value is -2.68. The Morgan fingerprint density at radius 2 is 1.67 bits per heavy atom. The first kappa shape index (κ1) is 28.4. The van der Waals surface area contributed by atoms with Gasteiger partial charge in [0, 0.05) is 18.3 Å². The zero-order chi connectivity index (χ0) is 25.1. The summed E-state index contributed by atoms with van der Waals surface area (Å²) in [6.45, 7) is 2.50. The van der Waals surface area contributed by atoms with Crippen LogP contribution in [0.1, 0.15) is 26.0 Å². The largest absolute Gasteiger partial charge is 0.480 e. The van der Waals surface area contributed by atoms with Gasteiger partial charge in [-0.1, -0.05) is 0 Å². The van der Waals surface area contributed by atoms with Crippen LogP contribution in [0.3, 0.4) is 0 Å². The molecule has 1 aromatic rings. The lowest BCUT2D eigenvalue weighted by Gasteiger charge is -2.26. The average Bonchev–Trinajstić information content (AvgIpc) is 3.24. The average molecular weight is 489 g/mol. The lowest BCUT2D eigenvalue weighted by atomic mass is 10.1. The molecule has 14 heteroatoms. The second-order valence-corrected chi connectivity index (χ2v) is 8.51.